The van der Waals surface area contributed by atoms with Crippen molar-refractivity contribution >= 4 is 23.2 Å². The Morgan fingerprint density at radius 2 is 2.28 bits per heavy atom. The summed E-state index contributed by atoms with van der Waals surface area (Å²) in [6.45, 7) is 4.19. The van der Waals surface area contributed by atoms with E-state index >= 15 is 0 Å². The third kappa shape index (κ3) is 2.60. The van der Waals surface area contributed by atoms with Gasteiger partial charge in [-0.2, -0.15) is 0 Å². The number of primary amides is 1. The number of carbonyl (C=O) groups excluding carboxylic acids is 1. The van der Waals surface area contributed by atoms with Crippen LogP contribution in [0.15, 0.2) is 18.2 Å². The minimum Gasteiger partial charge on any atom is -0.398 e. The molecule has 1 amide bonds. The third-order valence-corrected chi connectivity index (χ3v) is 3.88. The van der Waals surface area contributed by atoms with Crippen molar-refractivity contribution in [1.82, 2.24) is 4.90 Å². The van der Waals surface area contributed by atoms with Crippen LogP contribution in [0.4, 0.5) is 5.69 Å². The van der Waals surface area contributed by atoms with Crippen molar-refractivity contribution in [2.75, 3.05) is 18.8 Å². The molecule has 0 aliphatic carbocycles. The SMILES string of the molecule is CC1(C(N)=O)CCN(Cc2ccc(Cl)cc2N)C1. The summed E-state index contributed by atoms with van der Waals surface area (Å²) in [7, 11) is 0. The molecule has 4 N–H and O–H groups in total. The van der Waals surface area contributed by atoms with E-state index < -0.39 is 5.41 Å². The van der Waals surface area contributed by atoms with Gasteiger partial charge in [-0.15, -0.1) is 0 Å². The molecule has 1 aliphatic heterocycles. The van der Waals surface area contributed by atoms with Crippen LogP contribution in [0.5, 0.6) is 0 Å². The highest BCUT2D eigenvalue weighted by Gasteiger charge is 2.38. The zero-order valence-corrected chi connectivity index (χ0v) is 11.2. The van der Waals surface area contributed by atoms with Crippen LogP contribution in [0.3, 0.4) is 0 Å². The van der Waals surface area contributed by atoms with Crippen molar-refractivity contribution in [3.8, 4) is 0 Å². The lowest BCUT2D eigenvalue weighted by molar-refractivity contribution is -0.126. The summed E-state index contributed by atoms with van der Waals surface area (Å²) in [5.74, 6) is -0.228. The number of benzene rings is 1. The Kier molecular flexibility index (Phi) is 3.50. The number of nitrogens with two attached hydrogens (primary N) is 2. The summed E-state index contributed by atoms with van der Waals surface area (Å²) >= 11 is 5.87. The lowest BCUT2D eigenvalue weighted by Gasteiger charge is -2.21. The Morgan fingerprint density at radius 1 is 1.56 bits per heavy atom. The van der Waals surface area contributed by atoms with Gasteiger partial charge in [-0.05, 0) is 37.6 Å². The van der Waals surface area contributed by atoms with E-state index in [1.54, 1.807) is 6.07 Å². The van der Waals surface area contributed by atoms with E-state index in [2.05, 4.69) is 4.90 Å². The number of hydrogen-bond donors (Lipinski definition) is 2. The van der Waals surface area contributed by atoms with Gasteiger partial charge in [0, 0.05) is 23.8 Å². The topological polar surface area (TPSA) is 72.4 Å². The number of hydrogen-bond acceptors (Lipinski definition) is 3. The molecule has 1 atom stereocenters. The van der Waals surface area contributed by atoms with Gasteiger partial charge >= 0.3 is 0 Å². The molecule has 98 valence electrons. The van der Waals surface area contributed by atoms with Crippen LogP contribution in [-0.2, 0) is 11.3 Å². The average molecular weight is 268 g/mol. The maximum Gasteiger partial charge on any atom is 0.224 e. The van der Waals surface area contributed by atoms with Gasteiger partial charge in [0.1, 0.15) is 0 Å². The van der Waals surface area contributed by atoms with Gasteiger partial charge in [-0.3, -0.25) is 9.69 Å². The van der Waals surface area contributed by atoms with Gasteiger partial charge in [-0.1, -0.05) is 17.7 Å². The number of nitrogen functional groups attached to an aromatic ring is 1. The first-order valence-electron chi connectivity index (χ1n) is 5.97. The van der Waals surface area contributed by atoms with Gasteiger partial charge in [0.15, 0.2) is 0 Å². The minimum absolute atomic E-state index is 0.228. The fourth-order valence-electron chi connectivity index (χ4n) is 2.34. The van der Waals surface area contributed by atoms with E-state index in [1.807, 2.05) is 19.1 Å². The second-order valence-corrected chi connectivity index (χ2v) is 5.67. The second-order valence-electron chi connectivity index (χ2n) is 5.23. The standard InChI is InChI=1S/C13H18ClN3O/c1-13(12(16)18)4-5-17(8-13)7-9-2-3-10(14)6-11(9)15/h2-3,6H,4-5,7-8,15H2,1H3,(H2,16,18). The quantitative estimate of drug-likeness (QED) is 0.818. The molecule has 1 heterocycles. The highest BCUT2D eigenvalue weighted by molar-refractivity contribution is 6.30. The van der Waals surface area contributed by atoms with Crippen LogP contribution >= 0.6 is 11.6 Å². The van der Waals surface area contributed by atoms with Crippen LogP contribution in [-0.4, -0.2) is 23.9 Å². The molecule has 0 aromatic heterocycles. The zero-order chi connectivity index (χ0) is 13.3. The highest BCUT2D eigenvalue weighted by atomic mass is 35.5. The van der Waals surface area contributed by atoms with Crippen LogP contribution in [0.1, 0.15) is 18.9 Å². The van der Waals surface area contributed by atoms with Crippen molar-refractivity contribution in [3.05, 3.63) is 28.8 Å². The molecule has 1 aromatic carbocycles. The van der Waals surface area contributed by atoms with Crippen molar-refractivity contribution in [2.24, 2.45) is 11.1 Å². The third-order valence-electron chi connectivity index (χ3n) is 3.65. The van der Waals surface area contributed by atoms with Crippen molar-refractivity contribution in [2.45, 2.75) is 19.9 Å². The van der Waals surface area contributed by atoms with Crippen LogP contribution < -0.4 is 11.5 Å². The maximum absolute atomic E-state index is 11.4. The molecule has 1 aliphatic rings. The largest absolute Gasteiger partial charge is 0.398 e. The van der Waals surface area contributed by atoms with Crippen LogP contribution in [0, 0.1) is 5.41 Å². The molecule has 5 heteroatoms. The minimum atomic E-state index is -0.415. The highest BCUT2D eigenvalue weighted by Crippen LogP contribution is 2.31. The summed E-state index contributed by atoms with van der Waals surface area (Å²) < 4.78 is 0. The van der Waals surface area contributed by atoms with E-state index in [9.17, 15) is 4.79 Å². The summed E-state index contributed by atoms with van der Waals surface area (Å²) in [4.78, 5) is 13.6. The molecule has 18 heavy (non-hydrogen) atoms. The predicted molar refractivity (Wildman–Crippen MR) is 73.1 cm³/mol. The number of anilines is 1. The van der Waals surface area contributed by atoms with Crippen LogP contribution in [0.25, 0.3) is 0 Å². The van der Waals surface area contributed by atoms with Crippen molar-refractivity contribution in [3.63, 3.8) is 0 Å². The van der Waals surface area contributed by atoms with Crippen LogP contribution in [0.2, 0.25) is 5.02 Å². The molecule has 1 fully saturated rings. The molecule has 1 aromatic rings. The van der Waals surface area contributed by atoms with E-state index in [4.69, 9.17) is 23.1 Å². The number of halogens is 1. The predicted octanol–water partition coefficient (Wildman–Crippen LogP) is 1.62. The van der Waals surface area contributed by atoms with E-state index in [0.29, 0.717) is 17.3 Å². The van der Waals surface area contributed by atoms with E-state index in [0.717, 1.165) is 25.1 Å². The summed E-state index contributed by atoms with van der Waals surface area (Å²) in [5.41, 5.74) is 12.7. The first kappa shape index (κ1) is 13.2. The zero-order valence-electron chi connectivity index (χ0n) is 10.4. The molecular formula is C13H18ClN3O. The molecular weight excluding hydrogens is 250 g/mol. The Morgan fingerprint density at radius 3 is 2.83 bits per heavy atom. The van der Waals surface area contributed by atoms with Crippen molar-refractivity contribution < 1.29 is 4.79 Å². The summed E-state index contributed by atoms with van der Waals surface area (Å²) in [6, 6.07) is 5.51. The fourth-order valence-corrected chi connectivity index (χ4v) is 2.52. The van der Waals surface area contributed by atoms with E-state index in [-0.39, 0.29) is 5.91 Å². The summed E-state index contributed by atoms with van der Waals surface area (Å²) in [6.07, 6.45) is 0.801. The molecule has 1 saturated heterocycles. The number of nitrogens with zero attached hydrogens (tertiary/aromatic N) is 1. The molecule has 0 radical (unpaired) electrons. The van der Waals surface area contributed by atoms with Gasteiger partial charge < -0.3 is 11.5 Å². The molecule has 0 spiro atoms. The lowest BCUT2D eigenvalue weighted by Crippen LogP contribution is -2.37. The Hall–Kier alpha value is -1.26. The second kappa shape index (κ2) is 4.78. The average Bonchev–Trinajstić information content (AvgIpc) is 2.66. The number of amides is 1. The number of rotatable bonds is 3. The smallest absolute Gasteiger partial charge is 0.224 e. The monoisotopic (exact) mass is 267 g/mol. The Balaban J connectivity index is 2.06. The van der Waals surface area contributed by atoms with Crippen molar-refractivity contribution in [1.29, 1.82) is 0 Å². The van der Waals surface area contributed by atoms with Gasteiger partial charge in [0.05, 0.1) is 5.41 Å². The van der Waals surface area contributed by atoms with E-state index in [1.165, 1.54) is 0 Å². The molecule has 2 rings (SSSR count). The summed E-state index contributed by atoms with van der Waals surface area (Å²) in [5, 5.41) is 0.639. The first-order chi connectivity index (χ1) is 8.40. The first-order valence-corrected chi connectivity index (χ1v) is 6.35. The number of likely N-dealkylation sites (tertiary alicyclic amines) is 1. The Labute approximate surface area is 112 Å². The normalized spacial score (nSPS) is 24.3. The molecule has 0 bridgehead atoms. The van der Waals surface area contributed by atoms with Gasteiger partial charge in [-0.25, -0.2) is 0 Å². The maximum atomic E-state index is 11.4. The van der Waals surface area contributed by atoms with Gasteiger partial charge in [0.2, 0.25) is 5.91 Å². The number of carbonyl (C=O) groups is 1. The molecule has 1 unspecified atom stereocenters. The molecule has 0 saturated carbocycles. The lowest BCUT2D eigenvalue weighted by atomic mass is 9.89. The molecule has 4 nitrogen and oxygen atoms in total. The van der Waals surface area contributed by atoms with Gasteiger partial charge in [0.25, 0.3) is 0 Å². The fraction of sp³-hybridized carbons (Fsp3) is 0.462. The Bertz CT molecular complexity index is 477.